The van der Waals surface area contributed by atoms with E-state index in [0.717, 1.165) is 6.54 Å². The van der Waals surface area contributed by atoms with Gasteiger partial charge in [-0.15, -0.1) is 11.8 Å². The zero-order valence-electron chi connectivity index (χ0n) is 6.40. The van der Waals surface area contributed by atoms with Crippen LogP contribution in [0.4, 0.5) is 0 Å². The lowest BCUT2D eigenvalue weighted by Crippen LogP contribution is -2.08. The second-order valence-electron chi connectivity index (χ2n) is 1.72. The molecule has 0 radical (unpaired) electrons. The molecule has 0 aliphatic heterocycles. The molecule has 1 nitrogen and oxygen atoms in total. The van der Waals surface area contributed by atoms with Crippen LogP contribution in [0.15, 0.2) is 11.0 Å². The number of hydrogen-bond donors (Lipinski definition) is 1. The molecule has 0 spiro atoms. The van der Waals surface area contributed by atoms with Gasteiger partial charge in [-0.3, -0.25) is 0 Å². The Kier molecular flexibility index (Phi) is 6.21. The molecule has 0 aliphatic carbocycles. The van der Waals surface area contributed by atoms with Crippen molar-refractivity contribution in [3.8, 4) is 0 Å². The van der Waals surface area contributed by atoms with Gasteiger partial charge < -0.3 is 5.32 Å². The third-order valence-electron chi connectivity index (χ3n) is 1.00. The summed E-state index contributed by atoms with van der Waals surface area (Å²) in [6, 6.07) is 0. The highest BCUT2D eigenvalue weighted by molar-refractivity contribution is 8.03. The Morgan fingerprint density at radius 2 is 2.33 bits per heavy atom. The summed E-state index contributed by atoms with van der Waals surface area (Å²) in [6.45, 7) is 5.26. The molecule has 1 N–H and O–H groups in total. The Morgan fingerprint density at radius 3 is 2.67 bits per heavy atom. The van der Waals surface area contributed by atoms with Crippen molar-refractivity contribution in [3.05, 3.63) is 11.0 Å². The molecule has 0 rings (SSSR count). The number of allylic oxidation sites excluding steroid dienone is 1. The van der Waals surface area contributed by atoms with Crippen LogP contribution in [0.5, 0.6) is 0 Å². The van der Waals surface area contributed by atoms with Gasteiger partial charge >= 0.3 is 0 Å². The Balaban J connectivity index is 3.43. The number of rotatable bonds is 4. The van der Waals surface area contributed by atoms with Gasteiger partial charge in [-0.2, -0.15) is 0 Å². The summed E-state index contributed by atoms with van der Waals surface area (Å²) < 4.78 is 0. The summed E-state index contributed by atoms with van der Waals surface area (Å²) in [4.78, 5) is 1.43. The van der Waals surface area contributed by atoms with Crippen LogP contribution in [0.1, 0.15) is 13.8 Å². The van der Waals surface area contributed by atoms with Gasteiger partial charge in [0.1, 0.15) is 0 Å². The van der Waals surface area contributed by atoms with E-state index in [4.69, 9.17) is 0 Å². The Bertz CT molecular complexity index is 80.9. The summed E-state index contributed by atoms with van der Waals surface area (Å²) in [6.07, 6.45) is 2.16. The van der Waals surface area contributed by atoms with Gasteiger partial charge in [-0.1, -0.05) is 13.0 Å². The monoisotopic (exact) mass is 145 g/mol. The molecule has 54 valence electrons. The maximum atomic E-state index is 3.11. The van der Waals surface area contributed by atoms with E-state index in [1.165, 1.54) is 10.7 Å². The zero-order chi connectivity index (χ0) is 7.11. The molecule has 0 unspecified atom stereocenters. The van der Waals surface area contributed by atoms with Crippen LogP contribution in [0.3, 0.4) is 0 Å². The first-order chi connectivity index (χ1) is 4.35. The minimum atomic E-state index is 1.01. The van der Waals surface area contributed by atoms with Crippen LogP contribution in [0, 0.1) is 0 Å². The van der Waals surface area contributed by atoms with Crippen LogP contribution >= 0.6 is 11.8 Å². The molecule has 0 aromatic rings. The normalized spacial score (nSPS) is 12.1. The smallest absolute Gasteiger partial charge is 0.0259 e. The predicted octanol–water partition coefficient (Wildman–Crippen LogP) is 1.86. The largest absolute Gasteiger partial charge is 0.315 e. The molecule has 0 heterocycles. The van der Waals surface area contributed by atoms with Crippen LogP contribution in [-0.4, -0.2) is 19.3 Å². The first-order valence-electron chi connectivity index (χ1n) is 3.27. The lowest BCUT2D eigenvalue weighted by atomic mass is 10.5. The summed E-state index contributed by atoms with van der Waals surface area (Å²) >= 11 is 1.90. The summed E-state index contributed by atoms with van der Waals surface area (Å²) in [7, 11) is 1.97. The second kappa shape index (κ2) is 6.17. The van der Waals surface area contributed by atoms with E-state index < -0.39 is 0 Å². The Morgan fingerprint density at radius 1 is 1.67 bits per heavy atom. The van der Waals surface area contributed by atoms with Crippen molar-refractivity contribution in [2.24, 2.45) is 0 Å². The van der Waals surface area contributed by atoms with E-state index in [1.54, 1.807) is 0 Å². The maximum absolute atomic E-state index is 3.11. The fourth-order valence-electron chi connectivity index (χ4n) is 0.596. The molecule has 0 aliphatic rings. The fraction of sp³-hybridized carbons (Fsp3) is 0.714. The van der Waals surface area contributed by atoms with Gasteiger partial charge in [0.05, 0.1) is 0 Å². The minimum Gasteiger partial charge on any atom is -0.315 e. The van der Waals surface area contributed by atoms with E-state index >= 15 is 0 Å². The van der Waals surface area contributed by atoms with Gasteiger partial charge in [-0.05, 0) is 24.6 Å². The van der Waals surface area contributed by atoms with Crippen molar-refractivity contribution in [1.82, 2.24) is 5.32 Å². The Hall–Kier alpha value is 0.0500. The third kappa shape index (κ3) is 4.55. The standard InChI is InChI=1S/C7H15NS/c1-4-7(6-8-3)9-5-2/h4,8H,5-6H2,1-3H3/b7-4-. The average molecular weight is 145 g/mol. The summed E-state index contributed by atoms with van der Waals surface area (Å²) in [5, 5.41) is 3.11. The number of likely N-dealkylation sites (N-methyl/N-ethyl adjacent to an activating group) is 1. The van der Waals surface area contributed by atoms with Crippen molar-refractivity contribution in [2.45, 2.75) is 13.8 Å². The van der Waals surface area contributed by atoms with Crippen LogP contribution in [-0.2, 0) is 0 Å². The molecular formula is C7H15NS. The average Bonchev–Trinajstić information content (AvgIpc) is 1.88. The molecule has 0 bridgehead atoms. The minimum absolute atomic E-state index is 1.01. The van der Waals surface area contributed by atoms with Crippen molar-refractivity contribution in [3.63, 3.8) is 0 Å². The molecule has 0 saturated carbocycles. The second-order valence-corrected chi connectivity index (χ2v) is 3.11. The molecule has 2 heteroatoms. The van der Waals surface area contributed by atoms with Gasteiger partial charge in [0.15, 0.2) is 0 Å². The van der Waals surface area contributed by atoms with Crippen molar-refractivity contribution >= 4 is 11.8 Å². The predicted molar refractivity (Wildman–Crippen MR) is 45.8 cm³/mol. The van der Waals surface area contributed by atoms with E-state index in [9.17, 15) is 0 Å². The lowest BCUT2D eigenvalue weighted by molar-refractivity contribution is 0.910. The molecule has 0 aromatic carbocycles. The van der Waals surface area contributed by atoms with E-state index in [1.807, 2.05) is 18.8 Å². The van der Waals surface area contributed by atoms with Crippen molar-refractivity contribution < 1.29 is 0 Å². The maximum Gasteiger partial charge on any atom is 0.0259 e. The summed E-state index contributed by atoms with van der Waals surface area (Å²) in [5.41, 5.74) is 0. The number of thioether (sulfide) groups is 1. The zero-order valence-corrected chi connectivity index (χ0v) is 7.22. The van der Waals surface area contributed by atoms with E-state index in [-0.39, 0.29) is 0 Å². The highest BCUT2D eigenvalue weighted by atomic mass is 32.2. The van der Waals surface area contributed by atoms with Gasteiger partial charge in [-0.25, -0.2) is 0 Å². The molecule has 9 heavy (non-hydrogen) atoms. The van der Waals surface area contributed by atoms with Gasteiger partial charge in [0, 0.05) is 6.54 Å². The fourth-order valence-corrected chi connectivity index (χ4v) is 1.38. The van der Waals surface area contributed by atoms with Crippen molar-refractivity contribution in [1.29, 1.82) is 0 Å². The number of hydrogen-bond acceptors (Lipinski definition) is 2. The highest BCUT2D eigenvalue weighted by Gasteiger charge is 1.90. The molecule has 0 amide bonds. The van der Waals surface area contributed by atoms with Crippen LogP contribution < -0.4 is 5.32 Å². The summed E-state index contributed by atoms with van der Waals surface area (Å²) in [5.74, 6) is 1.17. The lowest BCUT2D eigenvalue weighted by Gasteiger charge is -2.01. The highest BCUT2D eigenvalue weighted by Crippen LogP contribution is 2.12. The van der Waals surface area contributed by atoms with Gasteiger partial charge in [0.25, 0.3) is 0 Å². The molecular weight excluding hydrogens is 130 g/mol. The Labute approximate surface area is 61.9 Å². The van der Waals surface area contributed by atoms with Gasteiger partial charge in [0.2, 0.25) is 0 Å². The quantitative estimate of drug-likeness (QED) is 0.648. The molecule has 0 fully saturated rings. The van der Waals surface area contributed by atoms with E-state index in [2.05, 4.69) is 25.2 Å². The van der Waals surface area contributed by atoms with Crippen LogP contribution in [0.2, 0.25) is 0 Å². The third-order valence-corrected chi connectivity index (χ3v) is 2.04. The topological polar surface area (TPSA) is 12.0 Å². The molecule has 0 atom stereocenters. The first kappa shape index (κ1) is 9.05. The molecule has 0 saturated heterocycles. The SMILES string of the molecule is C/C=C(/CNC)SCC. The first-order valence-corrected chi connectivity index (χ1v) is 4.26. The van der Waals surface area contributed by atoms with E-state index in [0.29, 0.717) is 0 Å². The van der Waals surface area contributed by atoms with Crippen LogP contribution in [0.25, 0.3) is 0 Å². The molecule has 0 aromatic heterocycles. The van der Waals surface area contributed by atoms with Crippen molar-refractivity contribution in [2.75, 3.05) is 19.3 Å². The number of nitrogens with one attached hydrogen (secondary N) is 1.